The van der Waals surface area contributed by atoms with Gasteiger partial charge in [0.1, 0.15) is 0 Å². The molecule has 3 nitrogen and oxygen atoms in total. The van der Waals surface area contributed by atoms with E-state index in [0.717, 1.165) is 32.1 Å². The van der Waals surface area contributed by atoms with Crippen molar-refractivity contribution in [2.45, 2.75) is 19.4 Å². The lowest BCUT2D eigenvalue weighted by atomic mass is 10.0. The van der Waals surface area contributed by atoms with Crippen molar-refractivity contribution in [3.8, 4) is 0 Å². The second kappa shape index (κ2) is 5.12. The van der Waals surface area contributed by atoms with Crippen LogP contribution in [0.5, 0.6) is 0 Å². The molecule has 0 unspecified atom stereocenters. The molecule has 1 aromatic heterocycles. The number of hydrogen-bond donors (Lipinski definition) is 2. The zero-order valence-corrected chi connectivity index (χ0v) is 10.8. The van der Waals surface area contributed by atoms with Gasteiger partial charge in [0.15, 0.2) is 0 Å². The van der Waals surface area contributed by atoms with Crippen LogP contribution in [0.3, 0.4) is 0 Å². The number of aromatic nitrogens is 1. The first kappa shape index (κ1) is 11.8. The van der Waals surface area contributed by atoms with Crippen LogP contribution in [0, 0.1) is 5.92 Å². The fraction of sp³-hybridized carbons (Fsp3) is 0.467. The summed E-state index contributed by atoms with van der Waals surface area (Å²) < 4.78 is 5.19. The third-order valence-corrected chi connectivity index (χ3v) is 3.66. The first-order chi connectivity index (χ1) is 8.83. The standard InChI is InChI=1S/C15H20N2O/c1-11(16-7-12-9-18-10-12)6-13-8-17-15-5-3-2-4-14(13)15/h2-5,8,11-12,16-17H,6-7,9-10H2,1H3/t11-/m1/s1. The van der Waals surface area contributed by atoms with Gasteiger partial charge in [-0.3, -0.25) is 0 Å². The highest BCUT2D eigenvalue weighted by Gasteiger charge is 2.18. The smallest absolute Gasteiger partial charge is 0.0528 e. The largest absolute Gasteiger partial charge is 0.381 e. The van der Waals surface area contributed by atoms with E-state index < -0.39 is 0 Å². The van der Waals surface area contributed by atoms with Crippen LogP contribution in [-0.2, 0) is 11.2 Å². The Kier molecular flexibility index (Phi) is 3.35. The quantitative estimate of drug-likeness (QED) is 0.847. The summed E-state index contributed by atoms with van der Waals surface area (Å²) in [7, 11) is 0. The predicted octanol–water partition coefficient (Wildman–Crippen LogP) is 2.33. The zero-order chi connectivity index (χ0) is 12.4. The van der Waals surface area contributed by atoms with Crippen molar-refractivity contribution in [2.24, 2.45) is 5.92 Å². The SMILES string of the molecule is C[C@H](Cc1c[nH]c2ccccc12)NCC1COC1. The van der Waals surface area contributed by atoms with Crippen molar-refractivity contribution >= 4 is 10.9 Å². The van der Waals surface area contributed by atoms with E-state index in [1.807, 2.05) is 0 Å². The summed E-state index contributed by atoms with van der Waals surface area (Å²) in [5.74, 6) is 0.718. The van der Waals surface area contributed by atoms with Crippen LogP contribution in [-0.4, -0.2) is 30.8 Å². The van der Waals surface area contributed by atoms with E-state index in [9.17, 15) is 0 Å². The number of aromatic amines is 1. The lowest BCUT2D eigenvalue weighted by Gasteiger charge is -2.27. The highest BCUT2D eigenvalue weighted by atomic mass is 16.5. The normalized spacial score (nSPS) is 17.8. The van der Waals surface area contributed by atoms with Gasteiger partial charge in [-0.1, -0.05) is 18.2 Å². The maximum Gasteiger partial charge on any atom is 0.0528 e. The van der Waals surface area contributed by atoms with Gasteiger partial charge in [-0.25, -0.2) is 0 Å². The molecule has 2 heterocycles. The fourth-order valence-electron chi connectivity index (χ4n) is 2.47. The van der Waals surface area contributed by atoms with Gasteiger partial charge in [-0.2, -0.15) is 0 Å². The molecule has 96 valence electrons. The van der Waals surface area contributed by atoms with Gasteiger partial charge in [-0.15, -0.1) is 0 Å². The van der Waals surface area contributed by atoms with Crippen LogP contribution in [0.1, 0.15) is 12.5 Å². The number of rotatable bonds is 5. The van der Waals surface area contributed by atoms with Crippen LogP contribution in [0.15, 0.2) is 30.5 Å². The van der Waals surface area contributed by atoms with Gasteiger partial charge >= 0.3 is 0 Å². The molecule has 1 saturated heterocycles. The Hall–Kier alpha value is -1.32. The van der Waals surface area contributed by atoms with Crippen molar-refractivity contribution in [3.05, 3.63) is 36.0 Å². The van der Waals surface area contributed by atoms with Crippen LogP contribution >= 0.6 is 0 Å². The third kappa shape index (κ3) is 2.42. The monoisotopic (exact) mass is 244 g/mol. The molecule has 1 aliphatic rings. The van der Waals surface area contributed by atoms with Gasteiger partial charge in [0.25, 0.3) is 0 Å². The molecule has 0 saturated carbocycles. The molecule has 0 radical (unpaired) electrons. The molecular formula is C15H20N2O. The summed E-state index contributed by atoms with van der Waals surface area (Å²) in [6, 6.07) is 8.99. The molecule has 3 rings (SSSR count). The van der Waals surface area contributed by atoms with Crippen LogP contribution in [0.25, 0.3) is 10.9 Å². The number of fused-ring (bicyclic) bond motifs is 1. The first-order valence-corrected chi connectivity index (χ1v) is 6.69. The minimum atomic E-state index is 0.504. The van der Waals surface area contributed by atoms with Gasteiger partial charge in [-0.05, 0) is 25.0 Å². The van der Waals surface area contributed by atoms with Gasteiger partial charge in [0.05, 0.1) is 13.2 Å². The van der Waals surface area contributed by atoms with Crippen molar-refractivity contribution in [3.63, 3.8) is 0 Å². The van der Waals surface area contributed by atoms with Crippen LogP contribution in [0.2, 0.25) is 0 Å². The minimum absolute atomic E-state index is 0.504. The summed E-state index contributed by atoms with van der Waals surface area (Å²) >= 11 is 0. The Morgan fingerprint density at radius 1 is 1.39 bits per heavy atom. The van der Waals surface area contributed by atoms with Crippen molar-refractivity contribution in [2.75, 3.05) is 19.8 Å². The average molecular weight is 244 g/mol. The molecule has 2 N–H and O–H groups in total. The number of nitrogens with one attached hydrogen (secondary N) is 2. The molecule has 0 aliphatic carbocycles. The molecule has 2 aromatic rings. The van der Waals surface area contributed by atoms with Crippen molar-refractivity contribution < 1.29 is 4.74 Å². The van der Waals surface area contributed by atoms with E-state index in [2.05, 4.69) is 47.7 Å². The van der Waals surface area contributed by atoms with Gasteiger partial charge < -0.3 is 15.0 Å². The topological polar surface area (TPSA) is 37.0 Å². The van der Waals surface area contributed by atoms with Crippen LogP contribution in [0.4, 0.5) is 0 Å². The Morgan fingerprint density at radius 3 is 3.00 bits per heavy atom. The molecule has 18 heavy (non-hydrogen) atoms. The number of para-hydroxylation sites is 1. The van der Waals surface area contributed by atoms with Gasteiger partial charge in [0.2, 0.25) is 0 Å². The molecule has 0 spiro atoms. The van der Waals surface area contributed by atoms with Crippen molar-refractivity contribution in [1.29, 1.82) is 0 Å². The van der Waals surface area contributed by atoms with E-state index in [1.165, 1.54) is 16.5 Å². The lowest BCUT2D eigenvalue weighted by Crippen LogP contribution is -2.40. The van der Waals surface area contributed by atoms with Crippen LogP contribution < -0.4 is 5.32 Å². The third-order valence-electron chi connectivity index (χ3n) is 3.66. The van der Waals surface area contributed by atoms with Gasteiger partial charge in [0, 0.05) is 35.6 Å². The number of benzene rings is 1. The molecule has 0 amide bonds. The molecule has 3 heteroatoms. The molecular weight excluding hydrogens is 224 g/mol. The minimum Gasteiger partial charge on any atom is -0.381 e. The number of hydrogen-bond acceptors (Lipinski definition) is 2. The molecule has 0 bridgehead atoms. The van der Waals surface area contributed by atoms with E-state index in [4.69, 9.17) is 4.74 Å². The molecule has 1 aromatic carbocycles. The number of H-pyrrole nitrogens is 1. The Labute approximate surface area is 108 Å². The van der Waals surface area contributed by atoms with E-state index in [1.54, 1.807) is 0 Å². The second-order valence-corrected chi connectivity index (χ2v) is 5.28. The van der Waals surface area contributed by atoms with E-state index in [0.29, 0.717) is 6.04 Å². The zero-order valence-electron chi connectivity index (χ0n) is 10.8. The molecule has 1 atom stereocenters. The molecule has 1 aliphatic heterocycles. The Balaban J connectivity index is 1.60. The second-order valence-electron chi connectivity index (χ2n) is 5.28. The molecule has 1 fully saturated rings. The number of ether oxygens (including phenoxy) is 1. The maximum absolute atomic E-state index is 5.19. The summed E-state index contributed by atoms with van der Waals surface area (Å²) in [4.78, 5) is 3.33. The maximum atomic E-state index is 5.19. The summed E-state index contributed by atoms with van der Waals surface area (Å²) in [5.41, 5.74) is 2.63. The summed E-state index contributed by atoms with van der Waals surface area (Å²) in [6.07, 6.45) is 3.20. The lowest BCUT2D eigenvalue weighted by molar-refractivity contribution is -0.0314. The Morgan fingerprint density at radius 2 is 2.22 bits per heavy atom. The first-order valence-electron chi connectivity index (χ1n) is 6.69. The highest BCUT2D eigenvalue weighted by molar-refractivity contribution is 5.83. The van der Waals surface area contributed by atoms with E-state index >= 15 is 0 Å². The summed E-state index contributed by atoms with van der Waals surface area (Å²) in [5, 5.41) is 4.94. The average Bonchev–Trinajstić information content (AvgIpc) is 2.71. The Bertz CT molecular complexity index is 516. The fourth-order valence-corrected chi connectivity index (χ4v) is 2.47. The predicted molar refractivity (Wildman–Crippen MR) is 73.8 cm³/mol. The van der Waals surface area contributed by atoms with E-state index in [-0.39, 0.29) is 0 Å². The highest BCUT2D eigenvalue weighted by Crippen LogP contribution is 2.19. The summed E-state index contributed by atoms with van der Waals surface area (Å²) in [6.45, 7) is 5.17. The van der Waals surface area contributed by atoms with Crippen molar-refractivity contribution in [1.82, 2.24) is 10.3 Å².